The average molecular weight is 409 g/mol. The van der Waals surface area contributed by atoms with Gasteiger partial charge in [-0.3, -0.25) is 4.79 Å². The second kappa shape index (κ2) is 9.72. The highest BCUT2D eigenvalue weighted by atomic mass is 16.3. The number of nitrogens with one attached hydrogen (secondary N) is 1. The second-order valence-electron chi connectivity index (χ2n) is 7.69. The van der Waals surface area contributed by atoms with Crippen LogP contribution >= 0.6 is 0 Å². The summed E-state index contributed by atoms with van der Waals surface area (Å²) in [4.78, 5) is 17.0. The van der Waals surface area contributed by atoms with E-state index in [4.69, 9.17) is 5.11 Å². The predicted molar refractivity (Wildman–Crippen MR) is 118 cm³/mol. The number of allylic oxidation sites excluding steroid dienone is 1. The summed E-state index contributed by atoms with van der Waals surface area (Å²) >= 11 is 0. The molecule has 3 rings (SSSR count). The molecule has 3 N–H and O–H groups in total. The van der Waals surface area contributed by atoms with Gasteiger partial charge in [-0.1, -0.05) is 18.2 Å². The lowest BCUT2D eigenvalue weighted by atomic mass is 9.98. The van der Waals surface area contributed by atoms with E-state index in [1.54, 1.807) is 6.92 Å². The van der Waals surface area contributed by atoms with Crippen molar-refractivity contribution in [3.63, 3.8) is 0 Å². The van der Waals surface area contributed by atoms with Gasteiger partial charge in [0.1, 0.15) is 11.6 Å². The third-order valence-corrected chi connectivity index (χ3v) is 5.55. The number of nitrogens with zero attached hydrogens (tertiary/aromatic N) is 3. The Kier molecular flexibility index (Phi) is 7.06. The molecule has 1 heterocycles. The molecule has 0 aliphatic carbocycles. The van der Waals surface area contributed by atoms with Crippen LogP contribution in [0.25, 0.3) is 16.3 Å². The SMILES string of the molecule is C/C(=C(/C#N)C(=O)NCC(O)CO)c1ccc2cc(N3CCN(C)CC3)ccc2c1. The van der Waals surface area contributed by atoms with Crippen molar-refractivity contribution in [3.8, 4) is 6.07 Å². The third kappa shape index (κ3) is 4.97. The molecule has 1 aliphatic heterocycles. The van der Waals surface area contributed by atoms with E-state index in [0.717, 1.165) is 42.5 Å². The Labute approximate surface area is 176 Å². The normalized spacial score (nSPS) is 16.7. The fourth-order valence-corrected chi connectivity index (χ4v) is 3.54. The molecule has 0 saturated carbocycles. The van der Waals surface area contributed by atoms with E-state index < -0.39 is 18.6 Å². The number of aliphatic hydroxyl groups is 2. The van der Waals surface area contributed by atoms with Gasteiger partial charge in [0.15, 0.2) is 0 Å². The summed E-state index contributed by atoms with van der Waals surface area (Å²) in [6.07, 6.45) is -1.05. The lowest BCUT2D eigenvalue weighted by Crippen LogP contribution is -2.44. The van der Waals surface area contributed by atoms with Gasteiger partial charge in [0.05, 0.1) is 12.7 Å². The maximum absolute atomic E-state index is 12.3. The number of rotatable bonds is 6. The summed E-state index contributed by atoms with van der Waals surface area (Å²) in [5, 5.41) is 32.4. The molecular weight excluding hydrogens is 380 g/mol. The molecule has 1 unspecified atom stereocenters. The van der Waals surface area contributed by atoms with Crippen molar-refractivity contribution in [2.45, 2.75) is 13.0 Å². The molecule has 2 aromatic carbocycles. The number of piperazine rings is 1. The molecule has 0 bridgehead atoms. The highest BCUT2D eigenvalue weighted by Gasteiger charge is 2.17. The number of fused-ring (bicyclic) bond motifs is 1. The fraction of sp³-hybridized carbons (Fsp3) is 0.391. The Morgan fingerprint density at radius 3 is 2.50 bits per heavy atom. The minimum absolute atomic E-state index is 0.00598. The number of hydrogen-bond acceptors (Lipinski definition) is 6. The number of anilines is 1. The van der Waals surface area contributed by atoms with E-state index in [-0.39, 0.29) is 12.1 Å². The van der Waals surface area contributed by atoms with Crippen LogP contribution in [-0.2, 0) is 4.79 Å². The van der Waals surface area contributed by atoms with Crippen molar-refractivity contribution in [1.29, 1.82) is 5.26 Å². The van der Waals surface area contributed by atoms with Crippen LogP contribution in [0, 0.1) is 11.3 Å². The molecule has 1 aliphatic rings. The number of likely N-dealkylation sites (N-methyl/N-ethyl adjacent to an activating group) is 1. The van der Waals surface area contributed by atoms with Gasteiger partial charge in [-0.05, 0) is 54.1 Å². The van der Waals surface area contributed by atoms with Crippen molar-refractivity contribution in [2.75, 3.05) is 51.3 Å². The van der Waals surface area contributed by atoms with Crippen LogP contribution in [0.3, 0.4) is 0 Å². The topological polar surface area (TPSA) is 99.8 Å². The van der Waals surface area contributed by atoms with Gasteiger partial charge in [0.2, 0.25) is 0 Å². The van der Waals surface area contributed by atoms with Crippen LogP contribution in [0.1, 0.15) is 12.5 Å². The van der Waals surface area contributed by atoms with Crippen molar-refractivity contribution >= 4 is 27.9 Å². The number of amides is 1. The second-order valence-corrected chi connectivity index (χ2v) is 7.69. The molecule has 0 spiro atoms. The van der Waals surface area contributed by atoms with Crippen molar-refractivity contribution < 1.29 is 15.0 Å². The zero-order valence-corrected chi connectivity index (χ0v) is 17.4. The lowest BCUT2D eigenvalue weighted by molar-refractivity contribution is -0.117. The lowest BCUT2D eigenvalue weighted by Gasteiger charge is -2.34. The van der Waals surface area contributed by atoms with E-state index >= 15 is 0 Å². The largest absolute Gasteiger partial charge is 0.394 e. The van der Waals surface area contributed by atoms with Gasteiger partial charge >= 0.3 is 0 Å². The van der Waals surface area contributed by atoms with Crippen LogP contribution in [0.15, 0.2) is 42.0 Å². The molecule has 1 amide bonds. The Hall–Kier alpha value is -2.92. The first-order valence-corrected chi connectivity index (χ1v) is 10.1. The summed E-state index contributed by atoms with van der Waals surface area (Å²) in [6, 6.07) is 14.2. The minimum atomic E-state index is -1.05. The van der Waals surface area contributed by atoms with E-state index in [2.05, 4.69) is 40.4 Å². The summed E-state index contributed by atoms with van der Waals surface area (Å²) in [5.41, 5.74) is 2.56. The number of carbonyl (C=O) groups excluding carboxylic acids is 1. The summed E-state index contributed by atoms with van der Waals surface area (Å²) in [5.74, 6) is -0.562. The van der Waals surface area contributed by atoms with Gasteiger partial charge in [-0.2, -0.15) is 5.26 Å². The zero-order chi connectivity index (χ0) is 21.7. The number of benzene rings is 2. The highest BCUT2D eigenvalue weighted by molar-refractivity contribution is 6.05. The molecule has 1 saturated heterocycles. The first kappa shape index (κ1) is 21.8. The van der Waals surface area contributed by atoms with E-state index in [0.29, 0.717) is 5.57 Å². The van der Waals surface area contributed by atoms with Crippen LogP contribution < -0.4 is 10.2 Å². The van der Waals surface area contributed by atoms with E-state index in [1.165, 1.54) is 5.69 Å². The number of hydrogen-bond donors (Lipinski definition) is 3. The standard InChI is InChI=1S/C23H28N4O3/c1-16(22(13-24)23(30)25-14-21(29)15-28)17-3-4-19-12-20(6-5-18(19)11-17)27-9-7-26(2)8-10-27/h3-6,11-12,21,28-29H,7-10,14-15H2,1-2H3,(H,25,30)/b22-16+. The van der Waals surface area contributed by atoms with E-state index in [9.17, 15) is 15.2 Å². The molecule has 2 aromatic rings. The van der Waals surface area contributed by atoms with E-state index in [1.807, 2.05) is 24.3 Å². The molecule has 30 heavy (non-hydrogen) atoms. The Morgan fingerprint density at radius 2 is 1.83 bits per heavy atom. The number of aliphatic hydroxyl groups excluding tert-OH is 2. The van der Waals surface area contributed by atoms with Gasteiger partial charge in [0, 0.05) is 38.4 Å². The highest BCUT2D eigenvalue weighted by Crippen LogP contribution is 2.27. The molecule has 7 nitrogen and oxygen atoms in total. The molecular formula is C23H28N4O3. The predicted octanol–water partition coefficient (Wildman–Crippen LogP) is 1.36. The van der Waals surface area contributed by atoms with Crippen LogP contribution in [0.5, 0.6) is 0 Å². The first-order valence-electron chi connectivity index (χ1n) is 10.1. The van der Waals surface area contributed by atoms with Crippen LogP contribution in [0.4, 0.5) is 5.69 Å². The van der Waals surface area contributed by atoms with Crippen molar-refractivity contribution in [2.24, 2.45) is 0 Å². The Bertz CT molecular complexity index is 988. The quantitative estimate of drug-likeness (QED) is 0.493. The maximum atomic E-state index is 12.3. The average Bonchev–Trinajstić information content (AvgIpc) is 2.77. The Balaban J connectivity index is 1.83. The summed E-state index contributed by atoms with van der Waals surface area (Å²) in [6.45, 7) is 5.29. The molecule has 7 heteroatoms. The van der Waals surface area contributed by atoms with Crippen molar-refractivity contribution in [3.05, 3.63) is 47.5 Å². The van der Waals surface area contributed by atoms with Crippen LogP contribution in [-0.4, -0.2) is 73.5 Å². The zero-order valence-electron chi connectivity index (χ0n) is 17.4. The molecule has 0 radical (unpaired) electrons. The minimum Gasteiger partial charge on any atom is -0.394 e. The van der Waals surface area contributed by atoms with Crippen molar-refractivity contribution in [1.82, 2.24) is 10.2 Å². The third-order valence-electron chi connectivity index (χ3n) is 5.55. The summed E-state index contributed by atoms with van der Waals surface area (Å²) < 4.78 is 0. The number of carbonyl (C=O) groups is 1. The molecule has 0 aromatic heterocycles. The maximum Gasteiger partial charge on any atom is 0.262 e. The number of nitriles is 1. The Morgan fingerprint density at radius 1 is 1.17 bits per heavy atom. The van der Waals surface area contributed by atoms with Gasteiger partial charge in [0.25, 0.3) is 5.91 Å². The smallest absolute Gasteiger partial charge is 0.262 e. The molecule has 1 fully saturated rings. The molecule has 158 valence electrons. The van der Waals surface area contributed by atoms with Gasteiger partial charge in [-0.25, -0.2) is 0 Å². The van der Waals surface area contributed by atoms with Crippen LogP contribution in [0.2, 0.25) is 0 Å². The first-order chi connectivity index (χ1) is 14.4. The van der Waals surface area contributed by atoms with Gasteiger partial charge < -0.3 is 25.3 Å². The monoisotopic (exact) mass is 408 g/mol. The fourth-order valence-electron chi connectivity index (χ4n) is 3.54. The summed E-state index contributed by atoms with van der Waals surface area (Å²) in [7, 11) is 2.14. The molecule has 1 atom stereocenters. The van der Waals surface area contributed by atoms with Gasteiger partial charge in [-0.15, -0.1) is 0 Å².